The predicted octanol–water partition coefficient (Wildman–Crippen LogP) is 5.35. The van der Waals surface area contributed by atoms with Crippen molar-refractivity contribution in [1.29, 1.82) is 0 Å². The van der Waals surface area contributed by atoms with Crippen LogP contribution in [0.2, 0.25) is 0 Å². The normalized spacial score (nSPS) is 23.9. The maximum atomic E-state index is 12.5. The molecule has 0 atom stereocenters. The molecule has 2 heteroatoms. The summed E-state index contributed by atoms with van der Waals surface area (Å²) in [5, 5.41) is 0. The highest BCUT2D eigenvalue weighted by Crippen LogP contribution is 2.36. The molecule has 0 saturated heterocycles. The van der Waals surface area contributed by atoms with E-state index in [0.29, 0.717) is 18.3 Å². The van der Waals surface area contributed by atoms with E-state index in [4.69, 9.17) is 0 Å². The molecule has 1 aliphatic rings. The first-order valence-corrected chi connectivity index (χ1v) is 7.21. The fourth-order valence-corrected chi connectivity index (χ4v) is 2.88. The first kappa shape index (κ1) is 14.2. The second kappa shape index (κ2) is 7.42. The Labute approximate surface area is 114 Å². The van der Waals surface area contributed by atoms with Gasteiger partial charge >= 0.3 is 0 Å². The zero-order chi connectivity index (χ0) is 13.5. The van der Waals surface area contributed by atoms with Crippen LogP contribution in [0.3, 0.4) is 0 Å². The Hall–Kier alpha value is -1.18. The molecule has 0 spiro atoms. The molecule has 0 aliphatic heterocycles. The van der Waals surface area contributed by atoms with Crippen LogP contribution in [0.4, 0.5) is 8.78 Å². The molecular formula is C17H22F2. The average molecular weight is 264 g/mol. The molecule has 1 aromatic rings. The Morgan fingerprint density at radius 1 is 1.00 bits per heavy atom. The summed E-state index contributed by atoms with van der Waals surface area (Å²) in [4.78, 5) is 0. The number of allylic oxidation sites excluding steroid dienone is 2. The quantitative estimate of drug-likeness (QED) is 0.629. The molecule has 104 valence electrons. The Balaban J connectivity index is 1.85. The van der Waals surface area contributed by atoms with Gasteiger partial charge in [0.15, 0.2) is 0 Å². The summed E-state index contributed by atoms with van der Waals surface area (Å²) in [7, 11) is 0. The summed E-state index contributed by atoms with van der Waals surface area (Å²) in [5.41, 5.74) is 2.09. The van der Waals surface area contributed by atoms with Gasteiger partial charge in [-0.3, -0.25) is 4.39 Å². The van der Waals surface area contributed by atoms with Crippen LogP contribution in [0.1, 0.15) is 49.1 Å². The molecule has 1 aromatic carbocycles. The third kappa shape index (κ3) is 4.15. The molecule has 0 heterocycles. The maximum Gasteiger partial charge on any atom is 0.115 e. The molecule has 1 fully saturated rings. The number of hydrogen-bond acceptors (Lipinski definition) is 0. The van der Waals surface area contributed by atoms with E-state index < -0.39 is 0 Å². The van der Waals surface area contributed by atoms with E-state index in [0.717, 1.165) is 5.56 Å². The van der Waals surface area contributed by atoms with Crippen LogP contribution in [0.15, 0.2) is 36.4 Å². The van der Waals surface area contributed by atoms with E-state index in [1.165, 1.54) is 31.2 Å². The smallest absolute Gasteiger partial charge is 0.115 e. The van der Waals surface area contributed by atoms with E-state index in [9.17, 15) is 8.78 Å². The van der Waals surface area contributed by atoms with Crippen LogP contribution in [0.5, 0.6) is 0 Å². The van der Waals surface area contributed by atoms with Crippen LogP contribution in [-0.2, 0) is 6.67 Å². The topological polar surface area (TPSA) is 0 Å². The van der Waals surface area contributed by atoms with Gasteiger partial charge < -0.3 is 0 Å². The second-order valence-electron chi connectivity index (χ2n) is 5.39. The number of hydrogen-bond donors (Lipinski definition) is 0. The van der Waals surface area contributed by atoms with Crippen molar-refractivity contribution in [3.8, 4) is 0 Å². The first-order chi connectivity index (χ1) is 9.33. The minimum atomic E-state index is -0.383. The van der Waals surface area contributed by atoms with Crippen LogP contribution >= 0.6 is 0 Å². The van der Waals surface area contributed by atoms with Crippen molar-refractivity contribution in [2.45, 2.75) is 44.7 Å². The van der Waals surface area contributed by atoms with E-state index in [-0.39, 0.29) is 13.3 Å². The molecular weight excluding hydrogens is 242 g/mol. The monoisotopic (exact) mass is 264 g/mol. The fraction of sp³-hybridized carbons (Fsp3) is 0.529. The molecule has 0 amide bonds. The van der Waals surface area contributed by atoms with Gasteiger partial charge in [-0.2, -0.15) is 0 Å². The average Bonchev–Trinajstić information content (AvgIpc) is 2.48. The Morgan fingerprint density at radius 3 is 2.26 bits per heavy atom. The largest absolute Gasteiger partial charge is 0.251 e. The van der Waals surface area contributed by atoms with Gasteiger partial charge in [-0.25, -0.2) is 4.39 Å². The van der Waals surface area contributed by atoms with Gasteiger partial charge in [0.1, 0.15) is 6.67 Å². The highest BCUT2D eigenvalue weighted by molar-refractivity contribution is 5.25. The summed E-state index contributed by atoms with van der Waals surface area (Å²) in [6, 6.07) is 7.92. The van der Waals surface area contributed by atoms with Crippen molar-refractivity contribution in [2.75, 3.05) is 6.67 Å². The zero-order valence-corrected chi connectivity index (χ0v) is 11.3. The molecule has 0 bridgehead atoms. The minimum absolute atomic E-state index is 0.257. The van der Waals surface area contributed by atoms with Gasteiger partial charge in [-0.05, 0) is 55.1 Å². The lowest BCUT2D eigenvalue weighted by atomic mass is 9.78. The van der Waals surface area contributed by atoms with E-state index in [2.05, 4.69) is 18.2 Å². The lowest BCUT2D eigenvalue weighted by Crippen LogP contribution is -2.11. The maximum absolute atomic E-state index is 12.5. The Morgan fingerprint density at radius 2 is 1.68 bits per heavy atom. The van der Waals surface area contributed by atoms with Crippen LogP contribution < -0.4 is 0 Å². The summed E-state index contributed by atoms with van der Waals surface area (Å²) in [6.07, 6.45) is 9.42. The van der Waals surface area contributed by atoms with Gasteiger partial charge in [0.05, 0.1) is 6.67 Å². The van der Waals surface area contributed by atoms with Crippen molar-refractivity contribution in [3.63, 3.8) is 0 Å². The van der Waals surface area contributed by atoms with E-state index in [1.54, 1.807) is 0 Å². The van der Waals surface area contributed by atoms with Crippen molar-refractivity contribution < 1.29 is 8.78 Å². The standard InChI is InChI=1S/C17H22F2/c18-12-2-1-3-14-4-8-16(9-5-14)17-10-6-15(13-19)7-11-17/h1,3,6-7,10-11,14,16H,2,4-5,8-9,12-13H2/t14-,16-. The number of rotatable bonds is 5. The number of halogens is 2. The third-order valence-electron chi connectivity index (χ3n) is 4.06. The van der Waals surface area contributed by atoms with Crippen LogP contribution in [0, 0.1) is 5.92 Å². The number of benzene rings is 1. The molecule has 0 nitrogen and oxygen atoms in total. The molecule has 1 saturated carbocycles. The SMILES string of the molecule is FCCC=C[C@H]1CC[C@H](c2ccc(CF)cc2)CC1. The highest BCUT2D eigenvalue weighted by Gasteiger charge is 2.20. The molecule has 0 aromatic heterocycles. The predicted molar refractivity (Wildman–Crippen MR) is 75.7 cm³/mol. The molecule has 1 aliphatic carbocycles. The summed E-state index contributed by atoms with van der Waals surface area (Å²) < 4.78 is 24.5. The van der Waals surface area contributed by atoms with Crippen molar-refractivity contribution in [3.05, 3.63) is 47.5 Å². The molecule has 2 rings (SSSR count). The molecule has 19 heavy (non-hydrogen) atoms. The van der Waals surface area contributed by atoms with Crippen molar-refractivity contribution in [1.82, 2.24) is 0 Å². The van der Waals surface area contributed by atoms with Gasteiger partial charge in [-0.15, -0.1) is 0 Å². The fourth-order valence-electron chi connectivity index (χ4n) is 2.88. The van der Waals surface area contributed by atoms with E-state index >= 15 is 0 Å². The van der Waals surface area contributed by atoms with E-state index in [1.807, 2.05) is 18.2 Å². The van der Waals surface area contributed by atoms with Crippen LogP contribution in [-0.4, -0.2) is 6.67 Å². The molecule has 0 unspecified atom stereocenters. The van der Waals surface area contributed by atoms with Gasteiger partial charge in [-0.1, -0.05) is 36.4 Å². The third-order valence-corrected chi connectivity index (χ3v) is 4.06. The molecule has 0 N–H and O–H groups in total. The van der Waals surface area contributed by atoms with Gasteiger partial charge in [0.2, 0.25) is 0 Å². The zero-order valence-electron chi connectivity index (χ0n) is 11.3. The lowest BCUT2D eigenvalue weighted by molar-refractivity contribution is 0.375. The molecule has 0 radical (unpaired) electrons. The number of alkyl halides is 2. The Bertz CT molecular complexity index is 386. The second-order valence-corrected chi connectivity index (χ2v) is 5.39. The Kier molecular flexibility index (Phi) is 5.56. The first-order valence-electron chi connectivity index (χ1n) is 7.21. The van der Waals surface area contributed by atoms with Gasteiger partial charge in [0.25, 0.3) is 0 Å². The summed E-state index contributed by atoms with van der Waals surface area (Å²) >= 11 is 0. The highest BCUT2D eigenvalue weighted by atomic mass is 19.1. The lowest BCUT2D eigenvalue weighted by Gasteiger charge is -2.27. The van der Waals surface area contributed by atoms with Crippen molar-refractivity contribution >= 4 is 0 Å². The summed E-state index contributed by atoms with van der Waals surface area (Å²) in [6.45, 7) is -0.640. The minimum Gasteiger partial charge on any atom is -0.251 e. The van der Waals surface area contributed by atoms with Gasteiger partial charge in [0, 0.05) is 0 Å². The van der Waals surface area contributed by atoms with Crippen molar-refractivity contribution in [2.24, 2.45) is 5.92 Å². The summed E-state index contributed by atoms with van der Waals surface area (Å²) in [5.74, 6) is 1.23. The van der Waals surface area contributed by atoms with Crippen LogP contribution in [0.25, 0.3) is 0 Å².